The highest BCUT2D eigenvalue weighted by Crippen LogP contribution is 2.21. The van der Waals surface area contributed by atoms with E-state index < -0.39 is 10.0 Å². The number of hydrogen-bond acceptors (Lipinski definition) is 3. The van der Waals surface area contributed by atoms with Gasteiger partial charge in [-0.2, -0.15) is 4.31 Å². The van der Waals surface area contributed by atoms with E-state index in [1.165, 1.54) is 0 Å². The number of amides is 1. The molecule has 2 aromatic rings. The predicted octanol–water partition coefficient (Wildman–Crippen LogP) is 3.52. The van der Waals surface area contributed by atoms with Crippen LogP contribution in [0.3, 0.4) is 0 Å². The third-order valence-electron chi connectivity index (χ3n) is 4.94. The molecule has 1 aliphatic rings. The van der Waals surface area contributed by atoms with Gasteiger partial charge in [0.15, 0.2) is 0 Å². The molecule has 27 heavy (non-hydrogen) atoms. The first-order chi connectivity index (χ1) is 13.0. The Morgan fingerprint density at radius 3 is 2.19 bits per heavy atom. The molecule has 6 heteroatoms. The van der Waals surface area contributed by atoms with Crippen molar-refractivity contribution in [3.63, 3.8) is 0 Å². The maximum atomic E-state index is 12.8. The first kappa shape index (κ1) is 19.6. The van der Waals surface area contributed by atoms with E-state index in [0.717, 1.165) is 24.8 Å². The van der Waals surface area contributed by atoms with Gasteiger partial charge < -0.3 is 4.90 Å². The van der Waals surface area contributed by atoms with E-state index in [-0.39, 0.29) is 10.8 Å². The lowest BCUT2D eigenvalue weighted by Gasteiger charge is -2.26. The highest BCUT2D eigenvalue weighted by Gasteiger charge is 2.26. The number of rotatable bonds is 6. The molecule has 0 atom stereocenters. The smallest absolute Gasteiger partial charge is 0.254 e. The van der Waals surface area contributed by atoms with Crippen LogP contribution in [0.2, 0.25) is 0 Å². The van der Waals surface area contributed by atoms with Gasteiger partial charge in [0.1, 0.15) is 0 Å². The summed E-state index contributed by atoms with van der Waals surface area (Å²) in [6.07, 6.45) is 2.88. The summed E-state index contributed by atoms with van der Waals surface area (Å²) >= 11 is 0. The van der Waals surface area contributed by atoms with Gasteiger partial charge in [-0.15, -0.1) is 0 Å². The SMILES string of the molecule is CCN(Cc1ccccc1)C(=O)c1ccc(S(=O)(=O)N2CCCCC2)cc1. The molecule has 0 aromatic heterocycles. The number of benzene rings is 2. The highest BCUT2D eigenvalue weighted by molar-refractivity contribution is 7.89. The molecule has 0 saturated carbocycles. The first-order valence-corrected chi connectivity index (χ1v) is 10.9. The Labute approximate surface area is 161 Å². The van der Waals surface area contributed by atoms with Crippen LogP contribution in [0, 0.1) is 0 Å². The molecule has 0 bridgehead atoms. The van der Waals surface area contributed by atoms with E-state index in [0.29, 0.717) is 31.7 Å². The Hall–Kier alpha value is -2.18. The zero-order valence-electron chi connectivity index (χ0n) is 15.7. The molecule has 0 spiro atoms. The number of sulfonamides is 1. The highest BCUT2D eigenvalue weighted by atomic mass is 32.2. The van der Waals surface area contributed by atoms with Crippen LogP contribution in [0.5, 0.6) is 0 Å². The van der Waals surface area contributed by atoms with Gasteiger partial charge in [0.25, 0.3) is 5.91 Å². The fourth-order valence-electron chi connectivity index (χ4n) is 3.34. The number of carbonyl (C=O) groups excluding carboxylic acids is 1. The maximum absolute atomic E-state index is 12.8. The zero-order chi connectivity index (χ0) is 19.3. The van der Waals surface area contributed by atoms with Gasteiger partial charge >= 0.3 is 0 Å². The van der Waals surface area contributed by atoms with Crippen molar-refractivity contribution in [3.05, 3.63) is 65.7 Å². The Morgan fingerprint density at radius 2 is 1.59 bits per heavy atom. The summed E-state index contributed by atoms with van der Waals surface area (Å²) in [5.74, 6) is -0.0942. The van der Waals surface area contributed by atoms with Crippen molar-refractivity contribution in [1.29, 1.82) is 0 Å². The molecule has 144 valence electrons. The Kier molecular flexibility index (Phi) is 6.29. The average molecular weight is 387 g/mol. The van der Waals surface area contributed by atoms with Gasteiger partial charge in [-0.1, -0.05) is 36.8 Å². The van der Waals surface area contributed by atoms with Crippen LogP contribution in [-0.4, -0.2) is 43.2 Å². The molecule has 1 aliphatic heterocycles. The molecule has 0 aliphatic carbocycles. The lowest BCUT2D eigenvalue weighted by Crippen LogP contribution is -2.35. The molecule has 1 heterocycles. The third-order valence-corrected chi connectivity index (χ3v) is 6.85. The van der Waals surface area contributed by atoms with Crippen molar-refractivity contribution < 1.29 is 13.2 Å². The van der Waals surface area contributed by atoms with Crippen molar-refractivity contribution >= 4 is 15.9 Å². The second-order valence-electron chi connectivity index (χ2n) is 6.79. The zero-order valence-corrected chi connectivity index (χ0v) is 16.5. The topological polar surface area (TPSA) is 57.7 Å². The molecule has 5 nitrogen and oxygen atoms in total. The molecule has 2 aromatic carbocycles. The van der Waals surface area contributed by atoms with E-state index >= 15 is 0 Å². The predicted molar refractivity (Wildman–Crippen MR) is 106 cm³/mol. The first-order valence-electron chi connectivity index (χ1n) is 9.46. The number of hydrogen-bond donors (Lipinski definition) is 0. The second kappa shape index (κ2) is 8.67. The minimum absolute atomic E-state index is 0.0942. The molecule has 0 N–H and O–H groups in total. The fourth-order valence-corrected chi connectivity index (χ4v) is 4.85. The van der Waals surface area contributed by atoms with Crippen molar-refractivity contribution in [3.8, 4) is 0 Å². The lowest BCUT2D eigenvalue weighted by molar-refractivity contribution is 0.0752. The van der Waals surface area contributed by atoms with Gasteiger partial charge in [-0.05, 0) is 49.6 Å². The van der Waals surface area contributed by atoms with E-state index in [1.54, 1.807) is 33.5 Å². The number of carbonyl (C=O) groups is 1. The van der Waals surface area contributed by atoms with Gasteiger partial charge in [-0.3, -0.25) is 4.79 Å². The summed E-state index contributed by atoms with van der Waals surface area (Å²) < 4.78 is 27.0. The largest absolute Gasteiger partial charge is 0.335 e. The summed E-state index contributed by atoms with van der Waals surface area (Å²) in [6.45, 7) is 4.20. The standard InChI is InChI=1S/C21H26N2O3S/c1-2-22(17-18-9-5-3-6-10-18)21(24)19-11-13-20(14-12-19)27(25,26)23-15-7-4-8-16-23/h3,5-6,9-14H,2,4,7-8,15-17H2,1H3. The number of piperidine rings is 1. The summed E-state index contributed by atoms with van der Waals surface area (Å²) in [4.78, 5) is 14.8. The minimum Gasteiger partial charge on any atom is -0.335 e. The van der Waals surface area contributed by atoms with Crippen molar-refractivity contribution in [2.75, 3.05) is 19.6 Å². The van der Waals surface area contributed by atoms with E-state index in [4.69, 9.17) is 0 Å². The third kappa shape index (κ3) is 4.57. The van der Waals surface area contributed by atoms with Crippen molar-refractivity contribution in [2.24, 2.45) is 0 Å². The van der Waals surface area contributed by atoms with Gasteiger partial charge in [0, 0.05) is 31.7 Å². The van der Waals surface area contributed by atoms with Gasteiger partial charge in [0.2, 0.25) is 10.0 Å². The van der Waals surface area contributed by atoms with E-state index in [2.05, 4.69) is 0 Å². The fraction of sp³-hybridized carbons (Fsp3) is 0.381. The van der Waals surface area contributed by atoms with Gasteiger partial charge in [-0.25, -0.2) is 8.42 Å². The monoisotopic (exact) mass is 386 g/mol. The molecule has 1 fully saturated rings. The van der Waals surface area contributed by atoms with E-state index in [1.807, 2.05) is 37.3 Å². The number of nitrogens with zero attached hydrogens (tertiary/aromatic N) is 2. The lowest BCUT2D eigenvalue weighted by atomic mass is 10.1. The molecule has 0 radical (unpaired) electrons. The van der Waals surface area contributed by atoms with Crippen LogP contribution in [0.4, 0.5) is 0 Å². The Balaban J connectivity index is 1.74. The van der Waals surface area contributed by atoms with Crippen molar-refractivity contribution in [1.82, 2.24) is 9.21 Å². The summed E-state index contributed by atoms with van der Waals surface area (Å²) in [6, 6.07) is 16.2. The maximum Gasteiger partial charge on any atom is 0.254 e. The van der Waals surface area contributed by atoms with Crippen LogP contribution < -0.4 is 0 Å². The summed E-state index contributed by atoms with van der Waals surface area (Å²) in [5.41, 5.74) is 1.57. The van der Waals surface area contributed by atoms with Crippen LogP contribution in [0.15, 0.2) is 59.5 Å². The second-order valence-corrected chi connectivity index (χ2v) is 8.73. The molecule has 1 saturated heterocycles. The van der Waals surface area contributed by atoms with Crippen LogP contribution >= 0.6 is 0 Å². The van der Waals surface area contributed by atoms with Crippen LogP contribution in [0.1, 0.15) is 42.1 Å². The van der Waals surface area contributed by atoms with Gasteiger partial charge in [0.05, 0.1) is 4.90 Å². The molecular weight excluding hydrogens is 360 g/mol. The van der Waals surface area contributed by atoms with Crippen LogP contribution in [0.25, 0.3) is 0 Å². The van der Waals surface area contributed by atoms with E-state index in [9.17, 15) is 13.2 Å². The van der Waals surface area contributed by atoms with Crippen LogP contribution in [-0.2, 0) is 16.6 Å². The molecule has 0 unspecified atom stereocenters. The quantitative estimate of drug-likeness (QED) is 0.763. The minimum atomic E-state index is -3.47. The Morgan fingerprint density at radius 1 is 0.963 bits per heavy atom. The normalized spacial score (nSPS) is 15.4. The molecular formula is C21H26N2O3S. The summed E-state index contributed by atoms with van der Waals surface area (Å²) in [7, 11) is -3.47. The molecule has 3 rings (SSSR count). The molecule has 1 amide bonds. The van der Waals surface area contributed by atoms with Crippen molar-refractivity contribution in [2.45, 2.75) is 37.6 Å². The average Bonchev–Trinajstić information content (AvgIpc) is 2.73. The Bertz CT molecular complexity index is 858. The summed E-state index contributed by atoms with van der Waals surface area (Å²) in [5, 5.41) is 0.